The molecule has 0 N–H and O–H groups in total. The molecule has 0 aliphatic heterocycles. The Morgan fingerprint density at radius 2 is 1.48 bits per heavy atom. The predicted octanol–water partition coefficient (Wildman–Crippen LogP) is 2.59. The van der Waals surface area contributed by atoms with Crippen molar-refractivity contribution in [2.24, 2.45) is 0 Å². The first-order valence-electron chi connectivity index (χ1n) is 9.07. The number of anilines is 2. The molecule has 27 heavy (non-hydrogen) atoms. The highest BCUT2D eigenvalue weighted by Crippen LogP contribution is 2.20. The van der Waals surface area contributed by atoms with Gasteiger partial charge in [-0.3, -0.25) is 14.6 Å². The number of aromatic nitrogens is 1. The van der Waals surface area contributed by atoms with Crippen LogP contribution in [-0.2, 0) is 16.0 Å². The average Bonchev–Trinajstić information content (AvgIpc) is 2.67. The fourth-order valence-electron chi connectivity index (χ4n) is 2.77. The lowest BCUT2D eigenvalue weighted by atomic mass is 10.2. The molecule has 0 unspecified atom stereocenters. The van der Waals surface area contributed by atoms with Gasteiger partial charge in [0.25, 0.3) is 0 Å². The van der Waals surface area contributed by atoms with Crippen LogP contribution in [0.25, 0.3) is 0 Å². The van der Waals surface area contributed by atoms with Gasteiger partial charge in [-0.1, -0.05) is 0 Å². The third kappa shape index (κ3) is 6.09. The van der Waals surface area contributed by atoms with E-state index in [4.69, 9.17) is 0 Å². The van der Waals surface area contributed by atoms with E-state index in [1.807, 2.05) is 55.4 Å². The molecule has 0 spiro atoms. The van der Waals surface area contributed by atoms with Crippen LogP contribution < -0.4 is 9.80 Å². The Hall–Kier alpha value is -2.89. The number of benzene rings is 1. The number of carbonyl (C=O) groups is 2. The van der Waals surface area contributed by atoms with Gasteiger partial charge < -0.3 is 14.7 Å². The van der Waals surface area contributed by atoms with Gasteiger partial charge in [-0.15, -0.1) is 0 Å². The van der Waals surface area contributed by atoms with Gasteiger partial charge in [-0.25, -0.2) is 0 Å². The van der Waals surface area contributed by atoms with E-state index >= 15 is 0 Å². The highest BCUT2D eigenvalue weighted by Gasteiger charge is 2.15. The van der Waals surface area contributed by atoms with Crippen molar-refractivity contribution < 1.29 is 9.59 Å². The summed E-state index contributed by atoms with van der Waals surface area (Å²) in [5.74, 6) is -0.0416. The zero-order chi connectivity index (χ0) is 19.8. The van der Waals surface area contributed by atoms with E-state index < -0.39 is 0 Å². The Morgan fingerprint density at radius 3 is 2.04 bits per heavy atom. The minimum absolute atomic E-state index is 0.0280. The molecule has 6 heteroatoms. The third-order valence-electron chi connectivity index (χ3n) is 4.52. The second kappa shape index (κ2) is 9.71. The lowest BCUT2D eigenvalue weighted by Gasteiger charge is -2.24. The topological polar surface area (TPSA) is 56.8 Å². The summed E-state index contributed by atoms with van der Waals surface area (Å²) in [7, 11) is 5.74. The van der Waals surface area contributed by atoms with Crippen molar-refractivity contribution in [3.63, 3.8) is 0 Å². The summed E-state index contributed by atoms with van der Waals surface area (Å²) < 4.78 is 0. The van der Waals surface area contributed by atoms with E-state index in [1.165, 1.54) is 6.92 Å². The molecule has 0 atom stereocenters. The molecule has 1 aromatic carbocycles. The number of likely N-dealkylation sites (N-methyl/N-ethyl adjacent to an activating group) is 1. The molecule has 1 heterocycles. The number of hydrogen-bond donors (Lipinski definition) is 0. The van der Waals surface area contributed by atoms with Gasteiger partial charge in [0, 0.05) is 71.3 Å². The van der Waals surface area contributed by atoms with Gasteiger partial charge in [0.05, 0.1) is 0 Å². The van der Waals surface area contributed by atoms with Crippen LogP contribution in [0.1, 0.15) is 18.9 Å². The van der Waals surface area contributed by atoms with E-state index in [2.05, 4.69) is 4.98 Å². The van der Waals surface area contributed by atoms with Crippen LogP contribution >= 0.6 is 0 Å². The normalized spacial score (nSPS) is 10.4. The molecule has 0 aliphatic carbocycles. The SMILES string of the molecule is CC(=O)N(CCC(=O)N(C)CCc1ccncc1)c1ccc(N(C)C)cc1. The van der Waals surface area contributed by atoms with Crippen LogP contribution in [0.15, 0.2) is 48.8 Å². The zero-order valence-corrected chi connectivity index (χ0v) is 16.6. The summed E-state index contributed by atoms with van der Waals surface area (Å²) in [6.07, 6.45) is 4.59. The van der Waals surface area contributed by atoms with Gasteiger partial charge >= 0.3 is 0 Å². The summed E-state index contributed by atoms with van der Waals surface area (Å²) in [5.41, 5.74) is 3.02. The number of amides is 2. The van der Waals surface area contributed by atoms with Crippen molar-refractivity contribution in [3.05, 3.63) is 54.4 Å². The Kier molecular flexibility index (Phi) is 7.34. The smallest absolute Gasteiger partial charge is 0.224 e. The molecule has 1 aromatic heterocycles. The monoisotopic (exact) mass is 368 g/mol. The first kappa shape index (κ1) is 20.4. The number of carbonyl (C=O) groups excluding carboxylic acids is 2. The highest BCUT2D eigenvalue weighted by atomic mass is 16.2. The first-order chi connectivity index (χ1) is 12.9. The molecule has 144 valence electrons. The Balaban J connectivity index is 1.90. The molecular formula is C21H28N4O2. The number of nitrogens with zero attached hydrogens (tertiary/aromatic N) is 4. The summed E-state index contributed by atoms with van der Waals surface area (Å²) in [6, 6.07) is 11.7. The Labute approximate surface area is 161 Å². The molecule has 2 rings (SSSR count). The molecule has 0 saturated heterocycles. The van der Waals surface area contributed by atoms with Crippen LogP contribution in [0.2, 0.25) is 0 Å². The van der Waals surface area contributed by atoms with Gasteiger partial charge in [0.2, 0.25) is 11.8 Å². The van der Waals surface area contributed by atoms with Crippen LogP contribution in [0.3, 0.4) is 0 Å². The largest absolute Gasteiger partial charge is 0.378 e. The van der Waals surface area contributed by atoms with Crippen molar-refractivity contribution >= 4 is 23.2 Å². The molecule has 0 bridgehead atoms. The highest BCUT2D eigenvalue weighted by molar-refractivity contribution is 5.92. The minimum Gasteiger partial charge on any atom is -0.378 e. The van der Waals surface area contributed by atoms with E-state index in [1.54, 1.807) is 29.2 Å². The van der Waals surface area contributed by atoms with Crippen molar-refractivity contribution in [2.45, 2.75) is 19.8 Å². The molecule has 0 aliphatic rings. The van der Waals surface area contributed by atoms with Crippen LogP contribution in [0.5, 0.6) is 0 Å². The lowest BCUT2D eigenvalue weighted by molar-refractivity contribution is -0.129. The van der Waals surface area contributed by atoms with E-state index in [0.717, 1.165) is 23.4 Å². The molecule has 6 nitrogen and oxygen atoms in total. The quantitative estimate of drug-likeness (QED) is 0.719. The third-order valence-corrected chi connectivity index (χ3v) is 4.52. The summed E-state index contributed by atoms with van der Waals surface area (Å²) >= 11 is 0. The number of rotatable bonds is 8. The second-order valence-electron chi connectivity index (χ2n) is 6.75. The fraction of sp³-hybridized carbons (Fsp3) is 0.381. The Bertz CT molecular complexity index is 745. The van der Waals surface area contributed by atoms with Crippen LogP contribution in [-0.4, -0.2) is 55.9 Å². The van der Waals surface area contributed by atoms with Crippen molar-refractivity contribution in [1.82, 2.24) is 9.88 Å². The molecule has 0 saturated carbocycles. The molecule has 0 fully saturated rings. The van der Waals surface area contributed by atoms with Crippen molar-refractivity contribution in [2.75, 3.05) is 44.0 Å². The first-order valence-corrected chi connectivity index (χ1v) is 9.07. The average molecular weight is 368 g/mol. The van der Waals surface area contributed by atoms with Crippen molar-refractivity contribution in [1.29, 1.82) is 0 Å². The minimum atomic E-state index is -0.0696. The molecular weight excluding hydrogens is 340 g/mol. The van der Waals surface area contributed by atoms with Gasteiger partial charge in [0.1, 0.15) is 0 Å². The van der Waals surface area contributed by atoms with E-state index in [-0.39, 0.29) is 11.8 Å². The van der Waals surface area contributed by atoms with E-state index in [0.29, 0.717) is 19.5 Å². The van der Waals surface area contributed by atoms with Gasteiger partial charge in [-0.2, -0.15) is 0 Å². The van der Waals surface area contributed by atoms with Crippen molar-refractivity contribution in [3.8, 4) is 0 Å². The standard InChI is InChI=1S/C21H28N4O2/c1-17(26)25(20-7-5-19(6-8-20)23(2)3)16-12-21(27)24(4)15-11-18-9-13-22-14-10-18/h5-10,13-14H,11-12,15-16H2,1-4H3. The van der Waals surface area contributed by atoms with Gasteiger partial charge in [-0.05, 0) is 48.4 Å². The number of hydrogen-bond acceptors (Lipinski definition) is 4. The molecule has 2 amide bonds. The maximum absolute atomic E-state index is 12.4. The number of pyridine rings is 1. The molecule has 2 aromatic rings. The second-order valence-corrected chi connectivity index (χ2v) is 6.75. The maximum atomic E-state index is 12.4. The predicted molar refractivity (Wildman–Crippen MR) is 109 cm³/mol. The summed E-state index contributed by atoms with van der Waals surface area (Å²) in [4.78, 5) is 33.8. The molecule has 0 radical (unpaired) electrons. The Morgan fingerprint density at radius 1 is 0.889 bits per heavy atom. The lowest BCUT2D eigenvalue weighted by Crippen LogP contribution is -2.35. The van der Waals surface area contributed by atoms with Crippen LogP contribution in [0.4, 0.5) is 11.4 Å². The van der Waals surface area contributed by atoms with Crippen LogP contribution in [0, 0.1) is 0 Å². The van der Waals surface area contributed by atoms with Gasteiger partial charge in [0.15, 0.2) is 0 Å². The van der Waals surface area contributed by atoms with E-state index in [9.17, 15) is 9.59 Å². The summed E-state index contributed by atoms with van der Waals surface area (Å²) in [5, 5.41) is 0. The summed E-state index contributed by atoms with van der Waals surface area (Å²) in [6.45, 7) is 2.53. The zero-order valence-electron chi connectivity index (χ0n) is 16.6. The maximum Gasteiger partial charge on any atom is 0.224 e. The fourth-order valence-corrected chi connectivity index (χ4v) is 2.77.